The molecule has 1 fully saturated rings. The summed E-state index contributed by atoms with van der Waals surface area (Å²) in [5, 5.41) is 12.7. The number of halogens is 1. The number of hydrogen-bond acceptors (Lipinski definition) is 6. The minimum absolute atomic E-state index is 0.349. The number of hydrogen-bond donors (Lipinski definition) is 1. The monoisotopic (exact) mass is 389 g/mol. The van der Waals surface area contributed by atoms with Gasteiger partial charge in [-0.05, 0) is 56.2 Å². The first kappa shape index (κ1) is 19.9. The van der Waals surface area contributed by atoms with Crippen molar-refractivity contribution in [3.63, 3.8) is 0 Å². The maximum atomic E-state index is 13.6. The smallest absolute Gasteiger partial charge is 0.338 e. The molecule has 0 atom stereocenters. The molecule has 0 amide bonds. The quantitative estimate of drug-likeness (QED) is 0.682. The van der Waals surface area contributed by atoms with Crippen molar-refractivity contribution >= 4 is 17.6 Å². The fourth-order valence-electron chi connectivity index (χ4n) is 3.25. The molecular formula is C20H24FN3O4. The molecule has 1 aliphatic rings. The Kier molecular flexibility index (Phi) is 6.28. The molecule has 28 heavy (non-hydrogen) atoms. The molecule has 0 saturated carbocycles. The lowest BCUT2D eigenvalue weighted by atomic mass is 9.92. The van der Waals surface area contributed by atoms with Crippen molar-refractivity contribution in [3.8, 4) is 5.75 Å². The lowest BCUT2D eigenvalue weighted by Gasteiger charge is -2.30. The molecule has 1 aromatic heterocycles. The maximum absolute atomic E-state index is 13.6. The second-order valence-corrected chi connectivity index (χ2v) is 7.05. The van der Waals surface area contributed by atoms with Crippen molar-refractivity contribution in [1.29, 1.82) is 0 Å². The van der Waals surface area contributed by atoms with E-state index in [-0.39, 0.29) is 5.56 Å². The Hall–Kier alpha value is -2.90. The van der Waals surface area contributed by atoms with Crippen molar-refractivity contribution in [1.82, 2.24) is 10.1 Å². The van der Waals surface area contributed by atoms with E-state index in [4.69, 9.17) is 14.4 Å². The number of carbonyl (C=O) groups is 1. The van der Waals surface area contributed by atoms with Gasteiger partial charge in [0.25, 0.3) is 0 Å². The summed E-state index contributed by atoms with van der Waals surface area (Å²) in [5.41, 5.74) is 0.429. The van der Waals surface area contributed by atoms with E-state index in [0.29, 0.717) is 30.1 Å². The number of benzene rings is 1. The second kappa shape index (κ2) is 8.86. The van der Waals surface area contributed by atoms with Crippen LogP contribution in [0.2, 0.25) is 0 Å². The normalized spacial score (nSPS) is 14.9. The highest BCUT2D eigenvalue weighted by Gasteiger charge is 2.23. The third-order valence-corrected chi connectivity index (χ3v) is 4.88. The van der Waals surface area contributed by atoms with E-state index >= 15 is 0 Å². The molecule has 0 bridgehead atoms. The number of anilines is 1. The molecule has 7 nitrogen and oxygen atoms in total. The highest BCUT2D eigenvalue weighted by atomic mass is 19.1. The molecule has 0 aliphatic carbocycles. The molecule has 2 heterocycles. The van der Waals surface area contributed by atoms with E-state index in [0.717, 1.165) is 50.4 Å². The van der Waals surface area contributed by atoms with Gasteiger partial charge in [-0.25, -0.2) is 9.18 Å². The molecule has 1 aliphatic heterocycles. The van der Waals surface area contributed by atoms with Crippen LogP contribution in [0, 0.1) is 11.7 Å². The lowest BCUT2D eigenvalue weighted by Crippen LogP contribution is -2.34. The summed E-state index contributed by atoms with van der Waals surface area (Å²) < 4.78 is 24.5. The molecule has 150 valence electrons. The first-order valence-corrected chi connectivity index (χ1v) is 9.34. The summed E-state index contributed by atoms with van der Waals surface area (Å²) in [6, 6.07) is 4.37. The van der Waals surface area contributed by atoms with Crippen LogP contribution in [-0.4, -0.2) is 40.9 Å². The molecule has 0 radical (unpaired) electrons. The summed E-state index contributed by atoms with van der Waals surface area (Å²) in [4.78, 5) is 17.3. The molecular weight excluding hydrogens is 365 g/mol. The number of aromatic carboxylic acids is 1. The van der Waals surface area contributed by atoms with Gasteiger partial charge in [-0.1, -0.05) is 11.7 Å². The van der Waals surface area contributed by atoms with E-state index < -0.39 is 11.8 Å². The summed E-state index contributed by atoms with van der Waals surface area (Å²) in [7, 11) is 0. The zero-order valence-electron chi connectivity index (χ0n) is 15.9. The summed E-state index contributed by atoms with van der Waals surface area (Å²) in [6.07, 6.45) is 3.94. The predicted molar refractivity (Wildman–Crippen MR) is 102 cm³/mol. The standard InChI is InChI=1S/C20H24FN3O4/c1-13(2)18-22-20(28-23-18)24-9-7-14(8-10-24)4-3-11-27-15-5-6-16(19(25)26)17(21)12-15/h5-6,12,14H,1,3-4,7-11H2,2H3,(H,25,26). The Morgan fingerprint density at radius 2 is 2.18 bits per heavy atom. The van der Waals surface area contributed by atoms with Crippen molar-refractivity contribution in [2.24, 2.45) is 5.92 Å². The minimum Gasteiger partial charge on any atom is -0.493 e. The van der Waals surface area contributed by atoms with Crippen LogP contribution >= 0.6 is 0 Å². The molecule has 1 N–H and O–H groups in total. The van der Waals surface area contributed by atoms with Gasteiger partial charge >= 0.3 is 12.0 Å². The second-order valence-electron chi connectivity index (χ2n) is 7.05. The Labute approximate surface area is 162 Å². The number of piperidine rings is 1. The molecule has 2 aromatic rings. The largest absolute Gasteiger partial charge is 0.493 e. The van der Waals surface area contributed by atoms with E-state index in [1.807, 2.05) is 6.92 Å². The maximum Gasteiger partial charge on any atom is 0.338 e. The van der Waals surface area contributed by atoms with Crippen LogP contribution in [0.5, 0.6) is 5.75 Å². The van der Waals surface area contributed by atoms with Crippen molar-refractivity contribution in [3.05, 3.63) is 42.0 Å². The van der Waals surface area contributed by atoms with Crippen LogP contribution in [0.15, 0.2) is 29.3 Å². The number of ether oxygens (including phenoxy) is 1. The zero-order chi connectivity index (χ0) is 20.1. The van der Waals surface area contributed by atoms with E-state index in [1.165, 1.54) is 12.1 Å². The van der Waals surface area contributed by atoms with Gasteiger partial charge in [0.1, 0.15) is 11.6 Å². The summed E-state index contributed by atoms with van der Waals surface area (Å²) in [6.45, 7) is 7.86. The third kappa shape index (κ3) is 4.88. The van der Waals surface area contributed by atoms with Crippen LogP contribution in [0.4, 0.5) is 10.4 Å². The van der Waals surface area contributed by atoms with Crippen LogP contribution in [-0.2, 0) is 0 Å². The highest BCUT2D eigenvalue weighted by Crippen LogP contribution is 2.26. The number of nitrogens with zero attached hydrogens (tertiary/aromatic N) is 3. The SMILES string of the molecule is C=C(C)c1noc(N2CCC(CCCOc3ccc(C(=O)O)c(F)c3)CC2)n1. The van der Waals surface area contributed by atoms with Crippen molar-refractivity contribution in [2.75, 3.05) is 24.6 Å². The summed E-state index contributed by atoms with van der Waals surface area (Å²) in [5.74, 6) is -0.585. The van der Waals surface area contributed by atoms with Gasteiger partial charge in [0.05, 0.1) is 12.2 Å². The number of carboxylic acids is 1. The fourth-order valence-corrected chi connectivity index (χ4v) is 3.25. The molecule has 1 saturated heterocycles. The van der Waals surface area contributed by atoms with Gasteiger partial charge in [0, 0.05) is 19.2 Å². The van der Waals surface area contributed by atoms with Gasteiger partial charge in [-0.2, -0.15) is 4.98 Å². The average molecular weight is 389 g/mol. The van der Waals surface area contributed by atoms with Crippen LogP contribution in [0.3, 0.4) is 0 Å². The zero-order valence-corrected chi connectivity index (χ0v) is 15.9. The van der Waals surface area contributed by atoms with Crippen molar-refractivity contribution < 1.29 is 23.6 Å². The number of carboxylic acid groups (broad SMARTS) is 1. The lowest BCUT2D eigenvalue weighted by molar-refractivity contribution is 0.0692. The molecule has 1 aromatic carbocycles. The molecule has 0 spiro atoms. The van der Waals surface area contributed by atoms with Gasteiger partial charge in [0.2, 0.25) is 0 Å². The first-order chi connectivity index (χ1) is 13.4. The number of rotatable bonds is 8. The van der Waals surface area contributed by atoms with Gasteiger partial charge < -0.3 is 19.3 Å². The van der Waals surface area contributed by atoms with Crippen molar-refractivity contribution in [2.45, 2.75) is 32.6 Å². The van der Waals surface area contributed by atoms with Gasteiger partial charge in [0.15, 0.2) is 5.82 Å². The average Bonchev–Trinajstić information content (AvgIpc) is 3.16. The van der Waals surface area contributed by atoms with Gasteiger partial charge in [-0.15, -0.1) is 0 Å². The predicted octanol–water partition coefficient (Wildman–Crippen LogP) is 4.02. The molecule has 3 rings (SSSR count). The summed E-state index contributed by atoms with van der Waals surface area (Å²) >= 11 is 0. The Balaban J connectivity index is 1.38. The first-order valence-electron chi connectivity index (χ1n) is 9.34. The van der Waals surface area contributed by atoms with E-state index in [2.05, 4.69) is 21.6 Å². The Morgan fingerprint density at radius 3 is 2.79 bits per heavy atom. The third-order valence-electron chi connectivity index (χ3n) is 4.88. The van der Waals surface area contributed by atoms with E-state index in [1.54, 1.807) is 0 Å². The number of allylic oxidation sites excluding steroid dienone is 1. The number of aromatic nitrogens is 2. The van der Waals surface area contributed by atoms with Gasteiger partial charge in [-0.3, -0.25) is 0 Å². The fraction of sp³-hybridized carbons (Fsp3) is 0.450. The highest BCUT2D eigenvalue weighted by molar-refractivity contribution is 5.88. The molecule has 8 heteroatoms. The Morgan fingerprint density at radius 1 is 1.43 bits per heavy atom. The molecule has 0 unspecified atom stereocenters. The minimum atomic E-state index is -1.29. The van der Waals surface area contributed by atoms with Crippen LogP contribution < -0.4 is 9.64 Å². The van der Waals surface area contributed by atoms with Crippen LogP contribution in [0.1, 0.15) is 48.8 Å². The Bertz CT molecular complexity index is 844. The van der Waals surface area contributed by atoms with E-state index in [9.17, 15) is 9.18 Å². The van der Waals surface area contributed by atoms with Crippen LogP contribution in [0.25, 0.3) is 5.57 Å². The topological polar surface area (TPSA) is 88.7 Å².